The Labute approximate surface area is 107 Å². The van der Waals surface area contributed by atoms with Crippen LogP contribution in [0, 0.1) is 5.92 Å². The first-order valence-electron chi connectivity index (χ1n) is 6.49. The van der Waals surface area contributed by atoms with Crippen LogP contribution >= 0.6 is 0 Å². The molecule has 18 heavy (non-hydrogen) atoms. The fourth-order valence-electron chi connectivity index (χ4n) is 2.85. The van der Waals surface area contributed by atoms with Gasteiger partial charge in [0.1, 0.15) is 0 Å². The molecule has 1 atom stereocenters. The van der Waals surface area contributed by atoms with Crippen LogP contribution < -0.4 is 0 Å². The Bertz CT molecular complexity index is 465. The third kappa shape index (κ3) is 1.92. The van der Waals surface area contributed by atoms with Gasteiger partial charge in [-0.15, -0.1) is 0 Å². The average Bonchev–Trinajstić information content (AvgIpc) is 3.14. The summed E-state index contributed by atoms with van der Waals surface area (Å²) < 4.78 is 7.20. The van der Waals surface area contributed by atoms with Crippen LogP contribution in [0.15, 0.2) is 6.20 Å². The summed E-state index contributed by atoms with van der Waals surface area (Å²) in [4.78, 5) is 14.2. The van der Waals surface area contributed by atoms with Crippen molar-refractivity contribution in [1.82, 2.24) is 14.7 Å². The molecule has 2 aliphatic rings. The normalized spacial score (nSPS) is 23.0. The standard InChI is InChI=1S/C13H19N3O2/c1-15-12-10(5-14-15)6-16(7-11(12)8-18-2)13(17)9-3-4-9/h5,9,11H,3-4,6-8H2,1-2H3/t11-/m1/s1. The largest absolute Gasteiger partial charge is 0.384 e. The van der Waals surface area contributed by atoms with Gasteiger partial charge in [0.2, 0.25) is 5.91 Å². The molecule has 1 aromatic heterocycles. The van der Waals surface area contributed by atoms with Crippen molar-refractivity contribution >= 4 is 5.91 Å². The van der Waals surface area contributed by atoms with Crippen LogP contribution in [-0.2, 0) is 23.1 Å². The van der Waals surface area contributed by atoms with E-state index in [9.17, 15) is 4.79 Å². The lowest BCUT2D eigenvalue weighted by molar-refractivity contribution is -0.134. The van der Waals surface area contributed by atoms with Crippen LogP contribution in [0.3, 0.4) is 0 Å². The van der Waals surface area contributed by atoms with Crippen LogP contribution in [0.2, 0.25) is 0 Å². The molecule has 0 saturated heterocycles. The minimum Gasteiger partial charge on any atom is -0.384 e. The number of carbonyl (C=O) groups is 1. The van der Waals surface area contributed by atoms with Gasteiger partial charge in [0, 0.05) is 44.6 Å². The van der Waals surface area contributed by atoms with Crippen molar-refractivity contribution in [3.05, 3.63) is 17.5 Å². The molecule has 1 saturated carbocycles. The smallest absolute Gasteiger partial charge is 0.226 e. The second kappa shape index (κ2) is 4.39. The lowest BCUT2D eigenvalue weighted by atomic mass is 9.96. The number of carbonyl (C=O) groups excluding carboxylic acids is 1. The Morgan fingerprint density at radius 2 is 2.33 bits per heavy atom. The number of hydrogen-bond acceptors (Lipinski definition) is 3. The molecule has 1 amide bonds. The number of rotatable bonds is 3. The van der Waals surface area contributed by atoms with Crippen molar-refractivity contribution in [1.29, 1.82) is 0 Å². The molecule has 1 aromatic rings. The number of amides is 1. The Kier molecular flexibility index (Phi) is 2.86. The van der Waals surface area contributed by atoms with Crippen LogP contribution in [0.5, 0.6) is 0 Å². The summed E-state index contributed by atoms with van der Waals surface area (Å²) in [7, 11) is 3.66. The SMILES string of the molecule is COC[C@H]1CN(C(=O)C2CC2)Cc2cnn(C)c21. The fourth-order valence-corrected chi connectivity index (χ4v) is 2.85. The van der Waals surface area contributed by atoms with Gasteiger partial charge in [-0.05, 0) is 12.8 Å². The number of aromatic nitrogens is 2. The zero-order valence-electron chi connectivity index (χ0n) is 10.9. The van der Waals surface area contributed by atoms with Gasteiger partial charge in [-0.25, -0.2) is 0 Å². The topological polar surface area (TPSA) is 47.4 Å². The van der Waals surface area contributed by atoms with Crippen molar-refractivity contribution < 1.29 is 9.53 Å². The van der Waals surface area contributed by atoms with E-state index in [1.807, 2.05) is 22.8 Å². The highest BCUT2D eigenvalue weighted by Crippen LogP contribution is 2.35. The lowest BCUT2D eigenvalue weighted by Gasteiger charge is -2.33. The number of hydrogen-bond donors (Lipinski definition) is 0. The number of fused-ring (bicyclic) bond motifs is 1. The van der Waals surface area contributed by atoms with Gasteiger partial charge in [0.05, 0.1) is 18.5 Å². The Hall–Kier alpha value is -1.36. The first-order valence-corrected chi connectivity index (χ1v) is 6.49. The predicted octanol–water partition coefficient (Wildman–Crippen LogP) is 0.902. The van der Waals surface area contributed by atoms with E-state index in [2.05, 4.69) is 5.10 Å². The molecular formula is C13H19N3O2. The Morgan fingerprint density at radius 3 is 3.00 bits per heavy atom. The van der Waals surface area contributed by atoms with Crippen LogP contribution in [0.4, 0.5) is 0 Å². The summed E-state index contributed by atoms with van der Waals surface area (Å²) in [5.41, 5.74) is 2.39. The molecule has 5 heteroatoms. The average molecular weight is 249 g/mol. The summed E-state index contributed by atoms with van der Waals surface area (Å²) in [6.45, 7) is 2.11. The van der Waals surface area contributed by atoms with E-state index in [4.69, 9.17) is 4.74 Å². The van der Waals surface area contributed by atoms with Crippen molar-refractivity contribution in [2.45, 2.75) is 25.3 Å². The van der Waals surface area contributed by atoms with Crippen LogP contribution in [0.25, 0.3) is 0 Å². The van der Waals surface area contributed by atoms with Gasteiger partial charge in [-0.3, -0.25) is 9.48 Å². The molecule has 0 bridgehead atoms. The minimum absolute atomic E-state index is 0.244. The lowest BCUT2D eigenvalue weighted by Crippen LogP contribution is -2.40. The summed E-state index contributed by atoms with van der Waals surface area (Å²) >= 11 is 0. The highest BCUT2D eigenvalue weighted by atomic mass is 16.5. The van der Waals surface area contributed by atoms with Crippen molar-refractivity contribution in [3.8, 4) is 0 Å². The summed E-state index contributed by atoms with van der Waals surface area (Å²) in [6.07, 6.45) is 4.00. The minimum atomic E-state index is 0.244. The molecule has 0 radical (unpaired) electrons. The van der Waals surface area contributed by atoms with E-state index in [1.165, 1.54) is 11.3 Å². The van der Waals surface area contributed by atoms with Crippen molar-refractivity contribution in [2.24, 2.45) is 13.0 Å². The second-order valence-electron chi connectivity index (χ2n) is 5.32. The first-order chi connectivity index (χ1) is 8.70. The molecule has 1 aliphatic carbocycles. The van der Waals surface area contributed by atoms with E-state index in [0.29, 0.717) is 19.1 Å². The van der Waals surface area contributed by atoms with E-state index in [0.717, 1.165) is 19.4 Å². The maximum absolute atomic E-state index is 12.2. The molecule has 0 N–H and O–H groups in total. The van der Waals surface area contributed by atoms with E-state index in [-0.39, 0.29) is 11.8 Å². The molecule has 1 aliphatic heterocycles. The summed E-state index contributed by atoms with van der Waals surface area (Å²) in [5.74, 6) is 0.839. The van der Waals surface area contributed by atoms with Gasteiger partial charge in [0.15, 0.2) is 0 Å². The van der Waals surface area contributed by atoms with E-state index in [1.54, 1.807) is 7.11 Å². The zero-order valence-corrected chi connectivity index (χ0v) is 10.9. The fraction of sp³-hybridized carbons (Fsp3) is 0.692. The molecular weight excluding hydrogens is 230 g/mol. The van der Waals surface area contributed by atoms with Crippen LogP contribution in [-0.4, -0.2) is 40.8 Å². The zero-order chi connectivity index (χ0) is 12.7. The summed E-state index contributed by atoms with van der Waals surface area (Å²) in [5, 5.41) is 4.31. The number of methoxy groups -OCH3 is 1. The van der Waals surface area contributed by atoms with Crippen molar-refractivity contribution in [3.63, 3.8) is 0 Å². The molecule has 2 heterocycles. The quantitative estimate of drug-likeness (QED) is 0.799. The number of nitrogens with zero attached hydrogens (tertiary/aromatic N) is 3. The van der Waals surface area contributed by atoms with Gasteiger partial charge in [0.25, 0.3) is 0 Å². The van der Waals surface area contributed by atoms with Gasteiger partial charge < -0.3 is 9.64 Å². The van der Waals surface area contributed by atoms with Gasteiger partial charge in [-0.1, -0.05) is 0 Å². The van der Waals surface area contributed by atoms with E-state index >= 15 is 0 Å². The van der Waals surface area contributed by atoms with Crippen molar-refractivity contribution in [2.75, 3.05) is 20.3 Å². The monoisotopic (exact) mass is 249 g/mol. The van der Waals surface area contributed by atoms with Gasteiger partial charge in [-0.2, -0.15) is 5.10 Å². The van der Waals surface area contributed by atoms with Gasteiger partial charge >= 0.3 is 0 Å². The first kappa shape index (κ1) is 11.7. The number of aryl methyl sites for hydroxylation is 1. The van der Waals surface area contributed by atoms with Crippen LogP contribution in [0.1, 0.15) is 30.0 Å². The highest BCUT2D eigenvalue weighted by molar-refractivity contribution is 5.81. The maximum atomic E-state index is 12.2. The third-order valence-electron chi connectivity index (χ3n) is 3.86. The number of ether oxygens (including phenoxy) is 1. The molecule has 1 fully saturated rings. The Morgan fingerprint density at radius 1 is 1.56 bits per heavy atom. The summed E-state index contributed by atoms with van der Waals surface area (Å²) in [6, 6.07) is 0. The second-order valence-corrected chi connectivity index (χ2v) is 5.32. The molecule has 0 aromatic carbocycles. The molecule has 0 unspecified atom stereocenters. The third-order valence-corrected chi connectivity index (χ3v) is 3.86. The molecule has 0 spiro atoms. The molecule has 5 nitrogen and oxygen atoms in total. The maximum Gasteiger partial charge on any atom is 0.226 e. The predicted molar refractivity (Wildman–Crippen MR) is 66.0 cm³/mol. The van der Waals surface area contributed by atoms with E-state index < -0.39 is 0 Å². The molecule has 98 valence electrons. The molecule has 3 rings (SSSR count). The Balaban J connectivity index is 1.85. The highest BCUT2D eigenvalue weighted by Gasteiger charge is 2.37.